The van der Waals surface area contributed by atoms with Gasteiger partial charge in [-0.15, -0.1) is 0 Å². The van der Waals surface area contributed by atoms with Gasteiger partial charge < -0.3 is 19.9 Å². The molecular formula is C28H34N8O4S. The van der Waals surface area contributed by atoms with Crippen LogP contribution in [0.25, 0.3) is 22.2 Å². The minimum atomic E-state index is -3.58. The molecule has 216 valence electrons. The fraction of sp³-hybridized carbons (Fsp3) is 0.357. The maximum atomic E-state index is 13.3. The number of nitrogens with one attached hydrogen (secondary N) is 2. The van der Waals surface area contributed by atoms with Crippen molar-refractivity contribution in [2.75, 3.05) is 61.5 Å². The van der Waals surface area contributed by atoms with E-state index in [0.717, 1.165) is 38.1 Å². The lowest BCUT2D eigenvalue weighted by Gasteiger charge is -2.34. The van der Waals surface area contributed by atoms with Crippen LogP contribution in [0.5, 0.6) is 5.75 Å². The van der Waals surface area contributed by atoms with Crippen LogP contribution in [-0.4, -0.2) is 79.7 Å². The smallest absolute Gasteiger partial charge is 0.278 e. The van der Waals surface area contributed by atoms with Crippen LogP contribution in [0.1, 0.15) is 19.9 Å². The number of aromatic nitrogens is 4. The number of nitrogens with zero attached hydrogens (tertiary/aromatic N) is 6. The highest BCUT2D eigenvalue weighted by Crippen LogP contribution is 2.34. The van der Waals surface area contributed by atoms with Crippen molar-refractivity contribution in [1.82, 2.24) is 24.6 Å². The second-order valence-electron chi connectivity index (χ2n) is 10.4. The Hall–Kier alpha value is -4.23. The molecule has 12 nitrogen and oxygen atoms in total. The first-order valence-electron chi connectivity index (χ1n) is 13.3. The van der Waals surface area contributed by atoms with Gasteiger partial charge in [0.25, 0.3) is 5.56 Å². The van der Waals surface area contributed by atoms with Crippen LogP contribution in [0.4, 0.5) is 23.0 Å². The number of fused-ring (bicyclic) bond motifs is 1. The summed E-state index contributed by atoms with van der Waals surface area (Å²) in [5.41, 5.74) is 2.84. The topological polar surface area (TPSA) is 135 Å². The summed E-state index contributed by atoms with van der Waals surface area (Å²) in [6.07, 6.45) is 2.55. The Labute approximate surface area is 239 Å². The zero-order chi connectivity index (χ0) is 29.3. The first-order chi connectivity index (χ1) is 19.5. The van der Waals surface area contributed by atoms with Crippen LogP contribution in [0.15, 0.2) is 53.5 Å². The summed E-state index contributed by atoms with van der Waals surface area (Å²) in [6, 6.07) is 12.5. The molecular weight excluding hydrogens is 544 g/mol. The zero-order valence-corrected chi connectivity index (χ0v) is 24.6. The Bertz CT molecular complexity index is 1750. The van der Waals surface area contributed by atoms with Gasteiger partial charge in [0.1, 0.15) is 17.0 Å². The average molecular weight is 579 g/mol. The molecule has 0 unspecified atom stereocenters. The van der Waals surface area contributed by atoms with Gasteiger partial charge in [0.15, 0.2) is 0 Å². The molecule has 0 radical (unpaired) electrons. The summed E-state index contributed by atoms with van der Waals surface area (Å²) in [5.74, 6) is 0.864. The van der Waals surface area contributed by atoms with E-state index in [-0.39, 0.29) is 22.9 Å². The van der Waals surface area contributed by atoms with Crippen molar-refractivity contribution in [2.24, 2.45) is 0 Å². The van der Waals surface area contributed by atoms with Gasteiger partial charge >= 0.3 is 0 Å². The van der Waals surface area contributed by atoms with Gasteiger partial charge in [-0.2, -0.15) is 5.10 Å². The van der Waals surface area contributed by atoms with E-state index in [1.807, 2.05) is 32.0 Å². The van der Waals surface area contributed by atoms with Crippen molar-refractivity contribution in [1.29, 1.82) is 0 Å². The maximum Gasteiger partial charge on any atom is 0.278 e. The van der Waals surface area contributed by atoms with Crippen molar-refractivity contribution in [3.8, 4) is 17.0 Å². The Kier molecular flexibility index (Phi) is 7.82. The zero-order valence-electron chi connectivity index (χ0n) is 23.7. The predicted octanol–water partition coefficient (Wildman–Crippen LogP) is 3.31. The quantitative estimate of drug-likeness (QED) is 0.321. The Morgan fingerprint density at radius 3 is 2.44 bits per heavy atom. The maximum absolute atomic E-state index is 13.3. The van der Waals surface area contributed by atoms with Crippen LogP contribution in [0.3, 0.4) is 0 Å². The van der Waals surface area contributed by atoms with E-state index in [9.17, 15) is 13.2 Å². The van der Waals surface area contributed by atoms with E-state index in [1.165, 1.54) is 10.9 Å². The molecule has 0 spiro atoms. The van der Waals surface area contributed by atoms with Gasteiger partial charge in [0, 0.05) is 49.7 Å². The number of rotatable bonds is 8. The third-order valence-corrected chi connectivity index (χ3v) is 7.52. The number of benzene rings is 2. The number of hydrogen-bond donors (Lipinski definition) is 2. The number of hydrogen-bond acceptors (Lipinski definition) is 10. The largest absolute Gasteiger partial charge is 0.494 e. The van der Waals surface area contributed by atoms with Gasteiger partial charge in [0.2, 0.25) is 16.0 Å². The molecule has 1 aliphatic heterocycles. The molecule has 5 rings (SSSR count). The molecule has 2 aromatic heterocycles. The Balaban J connectivity index is 1.59. The molecule has 41 heavy (non-hydrogen) atoms. The van der Waals surface area contributed by atoms with Crippen LogP contribution in [0, 0.1) is 0 Å². The molecule has 0 amide bonds. The van der Waals surface area contributed by atoms with Crippen molar-refractivity contribution in [3.05, 3.63) is 59.0 Å². The second-order valence-corrected chi connectivity index (χ2v) is 12.1. The van der Waals surface area contributed by atoms with Crippen molar-refractivity contribution in [2.45, 2.75) is 19.9 Å². The van der Waals surface area contributed by atoms with Gasteiger partial charge in [-0.1, -0.05) is 18.2 Å². The van der Waals surface area contributed by atoms with Gasteiger partial charge in [-0.25, -0.2) is 23.1 Å². The minimum Gasteiger partial charge on any atom is -0.494 e. The lowest BCUT2D eigenvalue weighted by molar-refractivity contribution is 0.312. The summed E-state index contributed by atoms with van der Waals surface area (Å²) in [5, 5.41) is 8.11. The van der Waals surface area contributed by atoms with Gasteiger partial charge in [-0.05, 0) is 39.1 Å². The molecule has 3 heterocycles. The van der Waals surface area contributed by atoms with Crippen molar-refractivity contribution < 1.29 is 13.2 Å². The molecule has 1 fully saturated rings. The third kappa shape index (κ3) is 6.10. The number of piperazine rings is 1. The summed E-state index contributed by atoms with van der Waals surface area (Å²) in [4.78, 5) is 27.0. The number of methoxy groups -OCH3 is 1. The number of anilines is 4. The van der Waals surface area contributed by atoms with Crippen LogP contribution in [-0.2, 0) is 10.0 Å². The fourth-order valence-corrected chi connectivity index (χ4v) is 5.36. The number of para-hydroxylation sites is 1. The lowest BCUT2D eigenvalue weighted by Crippen LogP contribution is -2.44. The highest BCUT2D eigenvalue weighted by Gasteiger charge is 2.21. The highest BCUT2D eigenvalue weighted by atomic mass is 32.2. The lowest BCUT2D eigenvalue weighted by atomic mass is 10.1. The monoisotopic (exact) mass is 578 g/mol. The van der Waals surface area contributed by atoms with Crippen molar-refractivity contribution in [3.63, 3.8) is 0 Å². The van der Waals surface area contributed by atoms with E-state index in [0.29, 0.717) is 33.9 Å². The van der Waals surface area contributed by atoms with Crippen LogP contribution < -0.4 is 25.2 Å². The second kappa shape index (κ2) is 11.3. The molecule has 0 atom stereocenters. The van der Waals surface area contributed by atoms with Crippen LogP contribution in [0.2, 0.25) is 0 Å². The minimum absolute atomic E-state index is 0.237. The standard InChI is InChI=1S/C28H34N8O4S/c1-18(2)36-27(37)21-17-29-28(30-23-11-10-19(16-24(23)40-4)35-14-12-34(3)13-15-35)31-25(21)26(32-36)20-8-6-7-9-22(20)33-41(5,38)39/h6-11,16-18,33H,12-15H2,1-5H3,(H,29,30,31). The number of likely N-dealkylation sites (N-methyl/N-ethyl adjacent to an activating group) is 1. The normalized spacial score (nSPS) is 14.4. The summed E-state index contributed by atoms with van der Waals surface area (Å²) >= 11 is 0. The Morgan fingerprint density at radius 2 is 1.76 bits per heavy atom. The molecule has 13 heteroatoms. The molecule has 2 aromatic carbocycles. The number of sulfonamides is 1. The fourth-order valence-electron chi connectivity index (χ4n) is 4.78. The van der Waals surface area contributed by atoms with E-state index in [2.05, 4.69) is 37.0 Å². The first-order valence-corrected chi connectivity index (χ1v) is 15.2. The molecule has 0 saturated carbocycles. The molecule has 4 aromatic rings. The number of ether oxygens (including phenoxy) is 1. The molecule has 1 aliphatic rings. The summed E-state index contributed by atoms with van der Waals surface area (Å²) in [7, 11) is 0.150. The Morgan fingerprint density at radius 1 is 1.02 bits per heavy atom. The molecule has 0 bridgehead atoms. The summed E-state index contributed by atoms with van der Waals surface area (Å²) < 4.78 is 33.8. The SMILES string of the molecule is COc1cc(N2CCN(C)CC2)ccc1Nc1ncc2c(=O)n(C(C)C)nc(-c3ccccc3NS(C)(=O)=O)c2n1. The summed E-state index contributed by atoms with van der Waals surface area (Å²) in [6.45, 7) is 7.54. The van der Waals surface area contributed by atoms with Gasteiger partial charge in [-0.3, -0.25) is 9.52 Å². The molecule has 2 N–H and O–H groups in total. The van der Waals surface area contributed by atoms with Gasteiger partial charge in [0.05, 0.1) is 36.2 Å². The van der Waals surface area contributed by atoms with E-state index in [4.69, 9.17) is 9.72 Å². The van der Waals surface area contributed by atoms with E-state index < -0.39 is 10.0 Å². The average Bonchev–Trinajstić information content (AvgIpc) is 2.93. The first kappa shape index (κ1) is 28.3. The van der Waals surface area contributed by atoms with E-state index >= 15 is 0 Å². The van der Waals surface area contributed by atoms with Crippen molar-refractivity contribution >= 4 is 43.9 Å². The van der Waals surface area contributed by atoms with Crippen LogP contribution >= 0.6 is 0 Å². The molecule has 0 aliphatic carbocycles. The molecule has 1 saturated heterocycles. The van der Waals surface area contributed by atoms with E-state index in [1.54, 1.807) is 31.4 Å². The highest BCUT2D eigenvalue weighted by molar-refractivity contribution is 7.92. The predicted molar refractivity (Wildman–Crippen MR) is 162 cm³/mol. The third-order valence-electron chi connectivity index (χ3n) is 6.93.